The van der Waals surface area contributed by atoms with E-state index in [0.717, 1.165) is 69.1 Å². The van der Waals surface area contributed by atoms with Gasteiger partial charge < -0.3 is 10.2 Å². The molecule has 0 aliphatic carbocycles. The summed E-state index contributed by atoms with van der Waals surface area (Å²) < 4.78 is 0. The highest BCUT2D eigenvalue weighted by atomic mass is 35.5. The van der Waals surface area contributed by atoms with Crippen molar-refractivity contribution in [3.63, 3.8) is 0 Å². The van der Waals surface area contributed by atoms with E-state index in [1.807, 2.05) is 18.2 Å². The van der Waals surface area contributed by atoms with Gasteiger partial charge in [-0.05, 0) is 61.9 Å². The molecule has 1 amide bonds. The van der Waals surface area contributed by atoms with Crippen molar-refractivity contribution in [1.82, 2.24) is 10.2 Å². The number of anilines is 1. The van der Waals surface area contributed by atoms with Crippen molar-refractivity contribution in [3.8, 4) is 0 Å². The number of fused-ring (bicyclic) bond motifs is 1. The molecule has 4 nitrogen and oxygen atoms in total. The molecule has 30 heavy (non-hydrogen) atoms. The second-order valence-electron chi connectivity index (χ2n) is 8.53. The molecule has 1 atom stereocenters. The number of halogens is 1. The van der Waals surface area contributed by atoms with E-state index in [1.54, 1.807) is 0 Å². The molecular weight excluding hydrogens is 394 g/mol. The minimum absolute atomic E-state index is 0.0805. The van der Waals surface area contributed by atoms with Crippen LogP contribution in [0.25, 0.3) is 0 Å². The van der Waals surface area contributed by atoms with Gasteiger partial charge in [0.15, 0.2) is 0 Å². The summed E-state index contributed by atoms with van der Waals surface area (Å²) in [4.78, 5) is 17.6. The molecule has 1 fully saturated rings. The number of hydrogen-bond donors (Lipinski definition) is 1. The highest BCUT2D eigenvalue weighted by molar-refractivity contribution is 6.31. The van der Waals surface area contributed by atoms with Gasteiger partial charge in [-0.15, -0.1) is 0 Å². The number of para-hydroxylation sites is 1. The lowest BCUT2D eigenvalue weighted by molar-refractivity contribution is -0.126. The summed E-state index contributed by atoms with van der Waals surface area (Å²) >= 11 is 6.31. The predicted molar refractivity (Wildman–Crippen MR) is 124 cm³/mol. The Morgan fingerprint density at radius 3 is 2.80 bits per heavy atom. The third-order valence-corrected chi connectivity index (χ3v) is 6.71. The lowest BCUT2D eigenvalue weighted by Gasteiger charge is -2.33. The molecule has 0 bridgehead atoms. The van der Waals surface area contributed by atoms with Crippen LogP contribution in [0.2, 0.25) is 5.02 Å². The number of rotatable bonds is 7. The normalized spacial score (nSPS) is 19.4. The minimum Gasteiger partial charge on any atom is -0.371 e. The van der Waals surface area contributed by atoms with Crippen LogP contribution in [-0.4, -0.2) is 43.5 Å². The Kier molecular flexibility index (Phi) is 7.29. The summed E-state index contributed by atoms with van der Waals surface area (Å²) in [5.41, 5.74) is 3.97. The van der Waals surface area contributed by atoms with Gasteiger partial charge in [0.1, 0.15) is 0 Å². The maximum absolute atomic E-state index is 12.7. The van der Waals surface area contributed by atoms with Crippen molar-refractivity contribution < 1.29 is 4.79 Å². The number of benzene rings is 2. The van der Waals surface area contributed by atoms with Crippen molar-refractivity contribution in [1.29, 1.82) is 0 Å². The number of amides is 1. The molecule has 0 unspecified atom stereocenters. The van der Waals surface area contributed by atoms with Crippen LogP contribution in [-0.2, 0) is 17.8 Å². The number of likely N-dealkylation sites (tertiary alicyclic amines) is 1. The second kappa shape index (κ2) is 10.3. The Balaban J connectivity index is 1.21. The molecule has 4 rings (SSSR count). The summed E-state index contributed by atoms with van der Waals surface area (Å²) in [5, 5.41) is 4.00. The van der Waals surface area contributed by atoms with E-state index in [0.29, 0.717) is 0 Å². The third kappa shape index (κ3) is 5.35. The van der Waals surface area contributed by atoms with Gasteiger partial charge in [0.2, 0.25) is 5.91 Å². The molecule has 2 aliphatic heterocycles. The van der Waals surface area contributed by atoms with Crippen molar-refractivity contribution in [2.24, 2.45) is 5.92 Å². The topological polar surface area (TPSA) is 35.6 Å². The first-order valence-corrected chi connectivity index (χ1v) is 11.6. The van der Waals surface area contributed by atoms with E-state index in [4.69, 9.17) is 11.6 Å². The smallest absolute Gasteiger partial charge is 0.224 e. The Bertz CT molecular complexity index is 856. The average Bonchev–Trinajstić information content (AvgIpc) is 2.78. The van der Waals surface area contributed by atoms with Crippen LogP contribution in [0.3, 0.4) is 0 Å². The number of nitrogens with zero attached hydrogens (tertiary/aromatic N) is 2. The van der Waals surface area contributed by atoms with Gasteiger partial charge in [0.25, 0.3) is 0 Å². The molecular formula is C25H32ClN3O. The first-order valence-electron chi connectivity index (χ1n) is 11.3. The lowest BCUT2D eigenvalue weighted by atomic mass is 9.96. The van der Waals surface area contributed by atoms with Crippen molar-refractivity contribution >= 4 is 23.2 Å². The van der Waals surface area contributed by atoms with Crippen LogP contribution in [0.15, 0.2) is 48.5 Å². The lowest BCUT2D eigenvalue weighted by Crippen LogP contribution is -2.43. The SMILES string of the molecule is O=C(NCCCN1CCCc2ccccc21)[C@@H]1CCCN(Cc2ccccc2Cl)C1. The largest absolute Gasteiger partial charge is 0.371 e. The Hall–Kier alpha value is -2.04. The van der Waals surface area contributed by atoms with Gasteiger partial charge in [0.05, 0.1) is 5.92 Å². The summed E-state index contributed by atoms with van der Waals surface area (Å²) in [5.74, 6) is 0.287. The van der Waals surface area contributed by atoms with E-state index < -0.39 is 0 Å². The number of carbonyl (C=O) groups excluding carboxylic acids is 1. The predicted octanol–water partition coefficient (Wildman–Crippen LogP) is 4.51. The molecule has 1 N–H and O–H groups in total. The Morgan fingerprint density at radius 2 is 1.90 bits per heavy atom. The third-order valence-electron chi connectivity index (χ3n) is 6.34. The van der Waals surface area contributed by atoms with Crippen LogP contribution in [0.5, 0.6) is 0 Å². The van der Waals surface area contributed by atoms with E-state index in [1.165, 1.54) is 24.1 Å². The van der Waals surface area contributed by atoms with Crippen LogP contribution >= 0.6 is 11.6 Å². The summed E-state index contributed by atoms with van der Waals surface area (Å²) in [6, 6.07) is 16.7. The van der Waals surface area contributed by atoms with Crippen molar-refractivity contribution in [2.75, 3.05) is 37.6 Å². The van der Waals surface area contributed by atoms with Gasteiger partial charge in [0, 0.05) is 43.4 Å². The molecule has 2 heterocycles. The van der Waals surface area contributed by atoms with E-state index in [9.17, 15) is 4.79 Å². The standard InChI is InChI=1S/C25H32ClN3O/c26-23-12-3-1-9-21(23)18-28-15-5-11-22(19-28)25(30)27-14-7-17-29-16-6-10-20-8-2-4-13-24(20)29/h1-4,8-9,12-13,22H,5-7,10-11,14-19H2,(H,27,30)/t22-/m1/s1. The van der Waals surface area contributed by atoms with Gasteiger partial charge >= 0.3 is 0 Å². The van der Waals surface area contributed by atoms with Crippen LogP contribution < -0.4 is 10.2 Å². The summed E-state index contributed by atoms with van der Waals surface area (Å²) in [6.45, 7) is 5.53. The zero-order valence-corrected chi connectivity index (χ0v) is 18.4. The summed E-state index contributed by atoms with van der Waals surface area (Å²) in [7, 11) is 0. The fourth-order valence-electron chi connectivity index (χ4n) is 4.75. The van der Waals surface area contributed by atoms with Gasteiger partial charge in [-0.25, -0.2) is 0 Å². The van der Waals surface area contributed by atoms with Crippen molar-refractivity contribution in [2.45, 2.75) is 38.6 Å². The molecule has 0 saturated carbocycles. The zero-order valence-electron chi connectivity index (χ0n) is 17.7. The maximum atomic E-state index is 12.7. The monoisotopic (exact) mass is 425 g/mol. The quantitative estimate of drug-likeness (QED) is 0.663. The molecule has 2 aliphatic rings. The van der Waals surface area contributed by atoms with Crippen molar-refractivity contribution in [3.05, 3.63) is 64.7 Å². The number of nitrogens with one attached hydrogen (secondary N) is 1. The van der Waals surface area contributed by atoms with E-state index in [2.05, 4.69) is 45.4 Å². The van der Waals surface area contributed by atoms with Crippen LogP contribution in [0.4, 0.5) is 5.69 Å². The zero-order chi connectivity index (χ0) is 20.8. The molecule has 1 saturated heterocycles. The molecule has 0 aromatic heterocycles. The van der Waals surface area contributed by atoms with Crippen LogP contribution in [0.1, 0.15) is 36.8 Å². The van der Waals surface area contributed by atoms with Gasteiger partial charge in [-0.2, -0.15) is 0 Å². The fourth-order valence-corrected chi connectivity index (χ4v) is 4.95. The Labute approximate surface area is 185 Å². The molecule has 0 radical (unpaired) electrons. The highest BCUT2D eigenvalue weighted by Gasteiger charge is 2.26. The van der Waals surface area contributed by atoms with Gasteiger partial charge in [-0.1, -0.05) is 48.0 Å². The molecule has 5 heteroatoms. The number of piperidine rings is 1. The molecule has 160 valence electrons. The molecule has 0 spiro atoms. The molecule has 2 aromatic carbocycles. The minimum atomic E-state index is 0.0805. The van der Waals surface area contributed by atoms with E-state index in [-0.39, 0.29) is 11.8 Å². The maximum Gasteiger partial charge on any atom is 0.224 e. The number of aryl methyl sites for hydroxylation is 1. The number of hydrogen-bond acceptors (Lipinski definition) is 3. The fraction of sp³-hybridized carbons (Fsp3) is 0.480. The first-order chi connectivity index (χ1) is 14.7. The van der Waals surface area contributed by atoms with Gasteiger partial charge in [-0.3, -0.25) is 9.69 Å². The first kappa shape index (κ1) is 21.2. The van der Waals surface area contributed by atoms with E-state index >= 15 is 0 Å². The Morgan fingerprint density at radius 1 is 1.07 bits per heavy atom. The highest BCUT2D eigenvalue weighted by Crippen LogP contribution is 2.26. The number of carbonyl (C=O) groups is 1. The molecule has 2 aromatic rings. The summed E-state index contributed by atoms with van der Waals surface area (Å²) in [6.07, 6.45) is 5.41. The van der Waals surface area contributed by atoms with Crippen LogP contribution in [0, 0.1) is 5.92 Å². The average molecular weight is 426 g/mol. The second-order valence-corrected chi connectivity index (χ2v) is 8.94.